The molecule has 0 spiro atoms. The van der Waals surface area contributed by atoms with Crippen LogP contribution in [0.2, 0.25) is 5.02 Å². The Morgan fingerprint density at radius 2 is 1.65 bits per heavy atom. The van der Waals surface area contributed by atoms with Crippen LogP contribution in [0.5, 0.6) is 0 Å². The fourth-order valence-corrected chi connectivity index (χ4v) is 3.67. The first-order chi connectivity index (χ1) is 15.7. The van der Waals surface area contributed by atoms with Gasteiger partial charge >= 0.3 is 19.3 Å². The average Bonchev–Trinajstić information content (AvgIpc) is 2.97. The molecule has 0 aliphatic carbocycles. The number of hydrogen-bond acceptors (Lipinski definition) is 3. The first kappa shape index (κ1) is 26.4. The summed E-state index contributed by atoms with van der Waals surface area (Å²) in [4.78, 5) is 14.3. The van der Waals surface area contributed by atoms with Crippen molar-refractivity contribution in [2.24, 2.45) is 0 Å². The molecule has 184 valence electrons. The first-order valence-corrected chi connectivity index (χ1v) is 11.4. The minimum Gasteiger partial charge on any atom is -0.399 e. The molecule has 3 rings (SSSR count). The van der Waals surface area contributed by atoms with Gasteiger partial charge in [-0.3, -0.25) is 0 Å². The fourth-order valence-electron chi connectivity index (χ4n) is 3.54. The maximum Gasteiger partial charge on any atom is 0.495 e. The molecule has 1 aliphatic heterocycles. The molecule has 0 aromatic heterocycles. The van der Waals surface area contributed by atoms with Crippen LogP contribution in [0.3, 0.4) is 0 Å². The van der Waals surface area contributed by atoms with Crippen molar-refractivity contribution in [3.05, 3.63) is 64.2 Å². The van der Waals surface area contributed by atoms with E-state index >= 15 is 0 Å². The maximum atomic E-state index is 13.5. The second-order valence-electron chi connectivity index (χ2n) is 9.30. The van der Waals surface area contributed by atoms with Gasteiger partial charge < -0.3 is 19.5 Å². The lowest BCUT2D eigenvalue weighted by Gasteiger charge is -2.32. The van der Waals surface area contributed by atoms with Gasteiger partial charge in [0.15, 0.2) is 0 Å². The lowest BCUT2D eigenvalue weighted by molar-refractivity contribution is -0.137. The summed E-state index contributed by atoms with van der Waals surface area (Å²) in [6, 6.07) is 10.1. The standard InChI is InChI=1S/C24H29BClF3N2O3/c1-6-31(21(32)30-14-16-7-10-19(26)11-8-16)15-17-13-18(24(27,28)29)9-12-20(17)25-33-22(2,3)23(4,5)34-25/h7-13H,6,14-15H2,1-5H3,(H,30,32). The van der Waals surface area contributed by atoms with Crippen LogP contribution in [0, 0.1) is 0 Å². The Morgan fingerprint density at radius 1 is 1.06 bits per heavy atom. The second kappa shape index (κ2) is 9.80. The van der Waals surface area contributed by atoms with Gasteiger partial charge in [-0.15, -0.1) is 0 Å². The van der Waals surface area contributed by atoms with Gasteiger partial charge in [0.25, 0.3) is 0 Å². The topological polar surface area (TPSA) is 50.8 Å². The Bertz CT molecular complexity index is 1010. The van der Waals surface area contributed by atoms with Crippen LogP contribution in [-0.4, -0.2) is 35.8 Å². The highest BCUT2D eigenvalue weighted by Crippen LogP contribution is 2.37. The molecule has 10 heteroatoms. The zero-order valence-corrected chi connectivity index (χ0v) is 20.7. The predicted octanol–water partition coefficient (Wildman–Crippen LogP) is 5.39. The Labute approximate surface area is 203 Å². The molecule has 1 fully saturated rings. The number of alkyl halides is 3. The molecule has 0 radical (unpaired) electrons. The number of urea groups is 1. The Hall–Kier alpha value is -2.23. The van der Waals surface area contributed by atoms with Gasteiger partial charge in [-0.05, 0) is 69.4 Å². The van der Waals surface area contributed by atoms with Crippen LogP contribution >= 0.6 is 11.6 Å². The molecule has 0 unspecified atom stereocenters. The van der Waals surface area contributed by atoms with Crippen LogP contribution in [0.1, 0.15) is 51.3 Å². The monoisotopic (exact) mass is 496 g/mol. The summed E-state index contributed by atoms with van der Waals surface area (Å²) in [5, 5.41) is 3.40. The van der Waals surface area contributed by atoms with Crippen molar-refractivity contribution in [1.82, 2.24) is 10.2 Å². The summed E-state index contributed by atoms with van der Waals surface area (Å²) < 4.78 is 52.6. The van der Waals surface area contributed by atoms with Gasteiger partial charge in [-0.1, -0.05) is 35.9 Å². The molecule has 1 N–H and O–H groups in total. The van der Waals surface area contributed by atoms with Gasteiger partial charge in [0.2, 0.25) is 0 Å². The van der Waals surface area contributed by atoms with Gasteiger partial charge in [-0.2, -0.15) is 13.2 Å². The summed E-state index contributed by atoms with van der Waals surface area (Å²) in [7, 11) is -0.849. The molecular weight excluding hydrogens is 468 g/mol. The molecule has 1 saturated heterocycles. The summed E-state index contributed by atoms with van der Waals surface area (Å²) in [5.41, 5.74) is -0.464. The number of hydrogen-bond donors (Lipinski definition) is 1. The minimum atomic E-state index is -4.52. The highest BCUT2D eigenvalue weighted by Gasteiger charge is 2.52. The lowest BCUT2D eigenvalue weighted by Crippen LogP contribution is -2.43. The number of carbonyl (C=O) groups is 1. The van der Waals surface area contributed by atoms with Crippen molar-refractivity contribution < 1.29 is 27.3 Å². The average molecular weight is 497 g/mol. The third-order valence-electron chi connectivity index (χ3n) is 6.36. The van der Waals surface area contributed by atoms with E-state index in [4.69, 9.17) is 20.9 Å². The van der Waals surface area contributed by atoms with Gasteiger partial charge in [0, 0.05) is 24.7 Å². The molecular formula is C24H29BClF3N2O3. The van der Waals surface area contributed by atoms with E-state index in [2.05, 4.69) is 5.32 Å². The Balaban J connectivity index is 1.85. The number of carbonyl (C=O) groups excluding carboxylic acids is 1. The van der Waals surface area contributed by atoms with Crippen molar-refractivity contribution >= 4 is 30.2 Å². The summed E-state index contributed by atoms with van der Waals surface area (Å²) >= 11 is 5.89. The van der Waals surface area contributed by atoms with E-state index in [1.165, 1.54) is 11.0 Å². The largest absolute Gasteiger partial charge is 0.495 e. The zero-order chi connectivity index (χ0) is 25.3. The van der Waals surface area contributed by atoms with Crippen LogP contribution in [0.15, 0.2) is 42.5 Å². The number of nitrogens with zero attached hydrogens (tertiary/aromatic N) is 1. The molecule has 1 aliphatic rings. The van der Waals surface area contributed by atoms with E-state index in [-0.39, 0.29) is 13.1 Å². The SMILES string of the molecule is CCN(Cc1cc(C(F)(F)F)ccc1B1OC(C)(C)C(C)(C)O1)C(=O)NCc1ccc(Cl)cc1. The fraction of sp³-hybridized carbons (Fsp3) is 0.458. The van der Waals surface area contributed by atoms with Crippen molar-refractivity contribution in [1.29, 1.82) is 0 Å². The Morgan fingerprint density at radius 3 is 2.18 bits per heavy atom. The molecule has 2 aromatic carbocycles. The highest BCUT2D eigenvalue weighted by atomic mass is 35.5. The molecule has 0 bridgehead atoms. The number of nitrogens with one attached hydrogen (secondary N) is 1. The molecule has 0 saturated carbocycles. The second-order valence-corrected chi connectivity index (χ2v) is 9.74. The quantitative estimate of drug-likeness (QED) is 0.546. The number of halogens is 4. The normalized spacial score (nSPS) is 17.0. The highest BCUT2D eigenvalue weighted by molar-refractivity contribution is 6.62. The maximum absolute atomic E-state index is 13.5. The van der Waals surface area contributed by atoms with Gasteiger partial charge in [0.1, 0.15) is 0 Å². The van der Waals surface area contributed by atoms with Crippen LogP contribution in [0.4, 0.5) is 18.0 Å². The number of rotatable bonds is 6. The molecule has 0 atom stereocenters. The van der Waals surface area contributed by atoms with Crippen LogP contribution in [-0.2, 0) is 28.6 Å². The molecule has 1 heterocycles. The zero-order valence-electron chi connectivity index (χ0n) is 19.9. The first-order valence-electron chi connectivity index (χ1n) is 11.1. The van der Waals surface area contributed by atoms with Crippen molar-refractivity contribution in [2.75, 3.05) is 6.54 Å². The van der Waals surface area contributed by atoms with E-state index in [1.54, 1.807) is 31.2 Å². The van der Waals surface area contributed by atoms with E-state index in [9.17, 15) is 18.0 Å². The van der Waals surface area contributed by atoms with E-state index < -0.39 is 36.1 Å². The summed E-state index contributed by atoms with van der Waals surface area (Å²) in [6.45, 7) is 9.79. The van der Waals surface area contributed by atoms with Gasteiger partial charge in [-0.25, -0.2) is 4.79 Å². The summed E-state index contributed by atoms with van der Waals surface area (Å²) in [5.74, 6) is 0. The Kier molecular flexibility index (Phi) is 7.60. The third-order valence-corrected chi connectivity index (χ3v) is 6.62. The number of benzene rings is 2. The molecule has 2 amide bonds. The number of amides is 2. The molecule has 34 heavy (non-hydrogen) atoms. The molecule has 2 aromatic rings. The smallest absolute Gasteiger partial charge is 0.399 e. The van der Waals surface area contributed by atoms with Crippen LogP contribution in [0.25, 0.3) is 0 Å². The van der Waals surface area contributed by atoms with Crippen molar-refractivity contribution in [3.63, 3.8) is 0 Å². The van der Waals surface area contributed by atoms with Crippen molar-refractivity contribution in [2.45, 2.75) is 65.1 Å². The van der Waals surface area contributed by atoms with E-state index in [1.807, 2.05) is 27.7 Å². The van der Waals surface area contributed by atoms with Crippen molar-refractivity contribution in [3.8, 4) is 0 Å². The summed E-state index contributed by atoms with van der Waals surface area (Å²) in [6.07, 6.45) is -4.52. The minimum absolute atomic E-state index is 0.0354. The molecule has 5 nitrogen and oxygen atoms in total. The van der Waals surface area contributed by atoms with Gasteiger partial charge in [0.05, 0.1) is 16.8 Å². The van der Waals surface area contributed by atoms with E-state index in [0.717, 1.165) is 17.7 Å². The predicted molar refractivity (Wildman–Crippen MR) is 127 cm³/mol. The third kappa shape index (κ3) is 5.88. The lowest BCUT2D eigenvalue weighted by atomic mass is 9.75. The van der Waals surface area contributed by atoms with E-state index in [0.29, 0.717) is 22.6 Å². The van der Waals surface area contributed by atoms with Crippen LogP contribution < -0.4 is 10.8 Å².